The highest BCUT2D eigenvalue weighted by Gasteiger charge is 2.34. The van der Waals surface area contributed by atoms with Crippen LogP contribution in [-0.4, -0.2) is 16.0 Å². The third-order valence-electron chi connectivity index (χ3n) is 3.21. The number of imidazole rings is 1. The van der Waals surface area contributed by atoms with Gasteiger partial charge in [-0.05, 0) is 36.4 Å². The SMILES string of the molecule is O=C(Nc1ccc2nc[nH]c2c1)Nc1ccc(Cl)cc1C(F)(F)F. The van der Waals surface area contributed by atoms with E-state index >= 15 is 0 Å². The number of aromatic amines is 1. The number of fused-ring (bicyclic) bond motifs is 1. The molecule has 0 saturated carbocycles. The minimum absolute atomic E-state index is 0.0713. The summed E-state index contributed by atoms with van der Waals surface area (Å²) in [5.74, 6) is 0. The van der Waals surface area contributed by atoms with E-state index < -0.39 is 17.8 Å². The molecule has 0 atom stereocenters. The molecular formula is C15H10ClF3N4O. The first-order valence-electron chi connectivity index (χ1n) is 6.71. The Kier molecular flexibility index (Phi) is 4.06. The van der Waals surface area contributed by atoms with Crippen molar-refractivity contribution in [2.45, 2.75) is 6.18 Å². The summed E-state index contributed by atoms with van der Waals surface area (Å²) < 4.78 is 39.0. The lowest BCUT2D eigenvalue weighted by Crippen LogP contribution is -2.21. The lowest BCUT2D eigenvalue weighted by atomic mass is 10.1. The molecule has 1 heterocycles. The molecule has 3 aromatic rings. The van der Waals surface area contributed by atoms with Gasteiger partial charge in [-0.25, -0.2) is 9.78 Å². The summed E-state index contributed by atoms with van der Waals surface area (Å²) in [6.45, 7) is 0. The number of halogens is 4. The zero-order valence-electron chi connectivity index (χ0n) is 11.9. The fourth-order valence-electron chi connectivity index (χ4n) is 2.16. The second-order valence-corrected chi connectivity index (χ2v) is 5.34. The van der Waals surface area contributed by atoms with Crippen LogP contribution in [0.5, 0.6) is 0 Å². The average Bonchev–Trinajstić information content (AvgIpc) is 2.95. The Morgan fingerprint density at radius 3 is 2.67 bits per heavy atom. The fraction of sp³-hybridized carbons (Fsp3) is 0.0667. The van der Waals surface area contributed by atoms with Crippen LogP contribution in [0.15, 0.2) is 42.7 Å². The zero-order chi connectivity index (χ0) is 17.3. The molecule has 5 nitrogen and oxygen atoms in total. The Balaban J connectivity index is 1.79. The zero-order valence-corrected chi connectivity index (χ0v) is 12.7. The summed E-state index contributed by atoms with van der Waals surface area (Å²) in [5, 5.41) is 4.58. The maximum Gasteiger partial charge on any atom is 0.418 e. The molecule has 0 aliphatic carbocycles. The van der Waals surface area contributed by atoms with Crippen LogP contribution in [0.4, 0.5) is 29.3 Å². The number of hydrogen-bond acceptors (Lipinski definition) is 2. The van der Waals surface area contributed by atoms with Crippen LogP contribution in [0.1, 0.15) is 5.56 Å². The Hall–Kier alpha value is -2.74. The van der Waals surface area contributed by atoms with Gasteiger partial charge in [0.1, 0.15) is 0 Å². The first-order valence-corrected chi connectivity index (χ1v) is 7.08. The molecule has 2 aromatic carbocycles. The van der Waals surface area contributed by atoms with Crippen molar-refractivity contribution in [1.29, 1.82) is 0 Å². The monoisotopic (exact) mass is 354 g/mol. The minimum atomic E-state index is -4.64. The van der Waals surface area contributed by atoms with Crippen LogP contribution in [0.25, 0.3) is 11.0 Å². The molecule has 0 bridgehead atoms. The largest absolute Gasteiger partial charge is 0.418 e. The van der Waals surface area contributed by atoms with Crippen molar-refractivity contribution in [2.24, 2.45) is 0 Å². The lowest BCUT2D eigenvalue weighted by Gasteiger charge is -2.14. The van der Waals surface area contributed by atoms with E-state index in [1.54, 1.807) is 18.2 Å². The van der Waals surface area contributed by atoms with Gasteiger partial charge < -0.3 is 15.6 Å². The van der Waals surface area contributed by atoms with Gasteiger partial charge in [-0.15, -0.1) is 0 Å². The van der Waals surface area contributed by atoms with Crippen LogP contribution in [0.2, 0.25) is 5.02 Å². The van der Waals surface area contributed by atoms with E-state index in [0.717, 1.165) is 12.1 Å². The standard InChI is InChI=1S/C15H10ClF3N4O/c16-8-1-3-11(10(5-8)15(17,18)19)23-14(24)22-9-2-4-12-13(6-9)21-7-20-12/h1-7H,(H,20,21)(H2,22,23,24). The number of carbonyl (C=O) groups is 1. The summed E-state index contributed by atoms with van der Waals surface area (Å²) in [6, 6.07) is 7.20. The van der Waals surface area contributed by atoms with Gasteiger partial charge in [0.05, 0.1) is 28.6 Å². The Bertz CT molecular complexity index is 907. The second-order valence-electron chi connectivity index (χ2n) is 4.90. The van der Waals surface area contributed by atoms with Gasteiger partial charge in [0.15, 0.2) is 0 Å². The molecule has 0 aliphatic rings. The molecule has 0 unspecified atom stereocenters. The van der Waals surface area contributed by atoms with Gasteiger partial charge in [-0.1, -0.05) is 11.6 Å². The van der Waals surface area contributed by atoms with E-state index in [9.17, 15) is 18.0 Å². The van der Waals surface area contributed by atoms with Crippen molar-refractivity contribution in [3.63, 3.8) is 0 Å². The van der Waals surface area contributed by atoms with Crippen molar-refractivity contribution in [3.8, 4) is 0 Å². The number of hydrogen-bond donors (Lipinski definition) is 3. The maximum atomic E-state index is 13.0. The normalized spacial score (nSPS) is 11.5. The number of benzene rings is 2. The molecule has 0 saturated heterocycles. The molecule has 24 heavy (non-hydrogen) atoms. The molecular weight excluding hydrogens is 345 g/mol. The van der Waals surface area contributed by atoms with E-state index in [1.807, 2.05) is 0 Å². The molecule has 3 rings (SSSR count). The number of amides is 2. The van der Waals surface area contributed by atoms with Crippen molar-refractivity contribution in [2.75, 3.05) is 10.6 Å². The molecule has 0 fully saturated rings. The van der Waals surface area contributed by atoms with E-state index in [0.29, 0.717) is 16.7 Å². The summed E-state index contributed by atoms with van der Waals surface area (Å²) in [7, 11) is 0. The maximum absolute atomic E-state index is 13.0. The predicted octanol–water partition coefficient (Wildman–Crippen LogP) is 4.88. The van der Waals surface area contributed by atoms with Crippen LogP contribution >= 0.6 is 11.6 Å². The van der Waals surface area contributed by atoms with Gasteiger partial charge in [0.25, 0.3) is 0 Å². The van der Waals surface area contributed by atoms with E-state index in [-0.39, 0.29) is 10.7 Å². The first kappa shape index (κ1) is 16.1. The van der Waals surface area contributed by atoms with Gasteiger partial charge >= 0.3 is 12.2 Å². The fourth-order valence-corrected chi connectivity index (χ4v) is 2.33. The quantitative estimate of drug-likeness (QED) is 0.614. The predicted molar refractivity (Wildman–Crippen MR) is 85.2 cm³/mol. The minimum Gasteiger partial charge on any atom is -0.345 e. The third-order valence-corrected chi connectivity index (χ3v) is 3.45. The van der Waals surface area contributed by atoms with Crippen LogP contribution in [0, 0.1) is 0 Å². The van der Waals surface area contributed by atoms with Crippen LogP contribution in [-0.2, 0) is 6.18 Å². The van der Waals surface area contributed by atoms with Crippen molar-refractivity contribution in [1.82, 2.24) is 9.97 Å². The second kappa shape index (κ2) is 6.04. The smallest absolute Gasteiger partial charge is 0.345 e. The van der Waals surface area contributed by atoms with Crippen molar-refractivity contribution >= 4 is 40.0 Å². The number of alkyl halides is 3. The number of H-pyrrole nitrogens is 1. The summed E-state index contributed by atoms with van der Waals surface area (Å²) >= 11 is 5.60. The highest BCUT2D eigenvalue weighted by atomic mass is 35.5. The topological polar surface area (TPSA) is 69.8 Å². The number of rotatable bonds is 2. The van der Waals surface area contributed by atoms with Gasteiger partial charge in [0.2, 0.25) is 0 Å². The van der Waals surface area contributed by atoms with Crippen molar-refractivity contribution in [3.05, 3.63) is 53.3 Å². The average molecular weight is 355 g/mol. The van der Waals surface area contributed by atoms with E-state index in [4.69, 9.17) is 11.6 Å². The molecule has 9 heteroatoms. The highest BCUT2D eigenvalue weighted by molar-refractivity contribution is 6.30. The van der Waals surface area contributed by atoms with E-state index in [1.165, 1.54) is 12.4 Å². The number of nitrogens with one attached hydrogen (secondary N) is 3. The number of carbonyl (C=O) groups excluding carboxylic acids is 1. The lowest BCUT2D eigenvalue weighted by molar-refractivity contribution is -0.136. The molecule has 124 valence electrons. The van der Waals surface area contributed by atoms with Crippen LogP contribution in [0.3, 0.4) is 0 Å². The molecule has 0 radical (unpaired) electrons. The Labute approximate surface area is 138 Å². The number of aromatic nitrogens is 2. The van der Waals surface area contributed by atoms with Gasteiger partial charge in [0, 0.05) is 10.7 Å². The number of nitrogens with zero attached hydrogens (tertiary/aromatic N) is 1. The molecule has 2 amide bonds. The van der Waals surface area contributed by atoms with Crippen LogP contribution < -0.4 is 10.6 Å². The summed E-state index contributed by atoms with van der Waals surface area (Å²) in [6.07, 6.45) is -3.14. The third kappa shape index (κ3) is 3.43. The van der Waals surface area contributed by atoms with E-state index in [2.05, 4.69) is 20.6 Å². The Morgan fingerprint density at radius 1 is 1.12 bits per heavy atom. The molecule has 0 aliphatic heterocycles. The van der Waals surface area contributed by atoms with Gasteiger partial charge in [-0.3, -0.25) is 0 Å². The molecule has 3 N–H and O–H groups in total. The summed E-state index contributed by atoms with van der Waals surface area (Å²) in [4.78, 5) is 18.9. The molecule has 1 aromatic heterocycles. The Morgan fingerprint density at radius 2 is 1.92 bits per heavy atom. The first-order chi connectivity index (χ1) is 11.3. The number of anilines is 2. The highest BCUT2D eigenvalue weighted by Crippen LogP contribution is 2.36. The molecule has 0 spiro atoms. The number of urea groups is 1. The van der Waals surface area contributed by atoms with Gasteiger partial charge in [-0.2, -0.15) is 13.2 Å². The van der Waals surface area contributed by atoms with Crippen molar-refractivity contribution < 1.29 is 18.0 Å². The summed E-state index contributed by atoms with van der Waals surface area (Å²) in [5.41, 5.74) is 0.404.